The Balaban J connectivity index is 1.87. The zero-order valence-corrected chi connectivity index (χ0v) is 14.6. The number of piperidine rings is 1. The van der Waals surface area contributed by atoms with Crippen molar-refractivity contribution in [3.05, 3.63) is 18.2 Å². The van der Waals surface area contributed by atoms with Gasteiger partial charge in [-0.25, -0.2) is 0 Å². The Morgan fingerprint density at radius 3 is 2.52 bits per heavy atom. The number of methoxy groups -OCH3 is 2. The van der Waals surface area contributed by atoms with Crippen LogP contribution in [0.2, 0.25) is 0 Å². The van der Waals surface area contributed by atoms with E-state index >= 15 is 0 Å². The second kappa shape index (κ2) is 8.20. The third-order valence-corrected chi connectivity index (χ3v) is 4.28. The second-order valence-corrected chi connectivity index (χ2v) is 6.57. The quantitative estimate of drug-likeness (QED) is 0.875. The summed E-state index contributed by atoms with van der Waals surface area (Å²) in [6, 6.07) is 5.39. The van der Waals surface area contributed by atoms with Crippen molar-refractivity contribution < 1.29 is 14.3 Å². The number of hydrogen-bond acceptors (Lipinski definition) is 4. The van der Waals surface area contributed by atoms with E-state index in [1.165, 1.54) is 6.42 Å². The summed E-state index contributed by atoms with van der Waals surface area (Å²) in [5.41, 5.74) is 0.679. The molecule has 1 saturated heterocycles. The zero-order valence-electron chi connectivity index (χ0n) is 14.6. The lowest BCUT2D eigenvalue weighted by molar-refractivity contribution is -0.116. The maximum Gasteiger partial charge on any atom is 0.225 e. The van der Waals surface area contributed by atoms with E-state index in [1.54, 1.807) is 26.4 Å². The molecule has 2 rings (SSSR count). The Morgan fingerprint density at radius 1 is 1.22 bits per heavy atom. The highest BCUT2D eigenvalue weighted by molar-refractivity contribution is 5.92. The molecule has 5 heteroatoms. The van der Waals surface area contributed by atoms with Crippen LogP contribution in [0.25, 0.3) is 0 Å². The minimum absolute atomic E-state index is 0.0133. The number of anilines is 1. The average Bonchev–Trinajstić information content (AvgIpc) is 2.52. The number of carbonyl (C=O) groups excluding carboxylic acids is 1. The molecule has 1 heterocycles. The number of ether oxygens (including phenoxy) is 2. The van der Waals surface area contributed by atoms with Gasteiger partial charge >= 0.3 is 0 Å². The van der Waals surface area contributed by atoms with Gasteiger partial charge in [-0.15, -0.1) is 0 Å². The van der Waals surface area contributed by atoms with Crippen molar-refractivity contribution in [3.63, 3.8) is 0 Å². The highest BCUT2D eigenvalue weighted by Crippen LogP contribution is 2.29. The summed E-state index contributed by atoms with van der Waals surface area (Å²) in [5, 5.41) is 2.93. The van der Waals surface area contributed by atoms with E-state index in [-0.39, 0.29) is 5.91 Å². The van der Waals surface area contributed by atoms with Gasteiger partial charge in [0.05, 0.1) is 19.9 Å². The summed E-state index contributed by atoms with van der Waals surface area (Å²) in [6.45, 7) is 7.54. The second-order valence-electron chi connectivity index (χ2n) is 6.57. The number of nitrogens with one attached hydrogen (secondary N) is 1. The Labute approximate surface area is 139 Å². The normalized spacial score (nSPS) is 21.7. The van der Waals surface area contributed by atoms with E-state index < -0.39 is 0 Å². The topological polar surface area (TPSA) is 50.8 Å². The van der Waals surface area contributed by atoms with Gasteiger partial charge in [-0.1, -0.05) is 13.8 Å². The highest BCUT2D eigenvalue weighted by atomic mass is 16.5. The standard InChI is InChI=1S/C18H28N2O3/c1-13-9-14(2)12-20(11-13)8-7-18(21)19-16-6-5-15(22-3)10-17(16)23-4/h5-6,10,13-14H,7-9,11-12H2,1-4H3,(H,19,21). The largest absolute Gasteiger partial charge is 0.497 e. The van der Waals surface area contributed by atoms with Crippen molar-refractivity contribution in [1.29, 1.82) is 0 Å². The molecule has 1 aromatic rings. The number of likely N-dealkylation sites (tertiary alicyclic amines) is 1. The van der Waals surface area contributed by atoms with E-state index in [4.69, 9.17) is 9.47 Å². The predicted molar refractivity (Wildman–Crippen MR) is 92.2 cm³/mol. The van der Waals surface area contributed by atoms with E-state index in [1.807, 2.05) is 6.07 Å². The number of hydrogen-bond donors (Lipinski definition) is 1. The number of benzene rings is 1. The molecule has 0 bridgehead atoms. The fourth-order valence-corrected chi connectivity index (χ4v) is 3.35. The van der Waals surface area contributed by atoms with Gasteiger partial charge < -0.3 is 19.7 Å². The number of nitrogens with zero attached hydrogens (tertiary/aromatic N) is 1. The van der Waals surface area contributed by atoms with E-state index in [9.17, 15) is 4.79 Å². The summed E-state index contributed by atoms with van der Waals surface area (Å²) in [5.74, 6) is 2.75. The first-order valence-electron chi connectivity index (χ1n) is 8.26. The summed E-state index contributed by atoms with van der Waals surface area (Å²) < 4.78 is 10.5. The average molecular weight is 320 g/mol. The summed E-state index contributed by atoms with van der Waals surface area (Å²) >= 11 is 0. The fourth-order valence-electron chi connectivity index (χ4n) is 3.35. The first kappa shape index (κ1) is 17.6. The monoisotopic (exact) mass is 320 g/mol. The van der Waals surface area contributed by atoms with Crippen LogP contribution in [0.3, 0.4) is 0 Å². The molecular weight excluding hydrogens is 292 g/mol. The Kier molecular flexibility index (Phi) is 6.28. The number of carbonyl (C=O) groups is 1. The lowest BCUT2D eigenvalue weighted by atomic mass is 9.92. The third kappa shape index (κ3) is 5.13. The molecular formula is C18H28N2O3. The molecule has 23 heavy (non-hydrogen) atoms. The van der Waals surface area contributed by atoms with Crippen LogP contribution in [0.5, 0.6) is 11.5 Å². The molecule has 0 saturated carbocycles. The van der Waals surface area contributed by atoms with E-state index in [2.05, 4.69) is 24.1 Å². The van der Waals surface area contributed by atoms with Gasteiger partial charge in [-0.05, 0) is 30.4 Å². The van der Waals surface area contributed by atoms with Crippen LogP contribution in [0, 0.1) is 11.8 Å². The van der Waals surface area contributed by atoms with Crippen LogP contribution in [0.1, 0.15) is 26.7 Å². The van der Waals surface area contributed by atoms with Crippen LogP contribution < -0.4 is 14.8 Å². The number of rotatable bonds is 6. The molecule has 128 valence electrons. The molecule has 0 aliphatic carbocycles. The highest BCUT2D eigenvalue weighted by Gasteiger charge is 2.22. The van der Waals surface area contributed by atoms with Gasteiger partial charge in [0, 0.05) is 32.1 Å². The number of amides is 1. The van der Waals surface area contributed by atoms with Gasteiger partial charge in [0.2, 0.25) is 5.91 Å². The van der Waals surface area contributed by atoms with Gasteiger partial charge in [-0.2, -0.15) is 0 Å². The Hall–Kier alpha value is -1.75. The maximum atomic E-state index is 12.2. The van der Waals surface area contributed by atoms with Crippen molar-refractivity contribution >= 4 is 11.6 Å². The Morgan fingerprint density at radius 2 is 1.91 bits per heavy atom. The van der Waals surface area contributed by atoms with E-state index in [0.29, 0.717) is 35.4 Å². The molecule has 1 fully saturated rings. The van der Waals surface area contributed by atoms with Crippen molar-refractivity contribution in [2.45, 2.75) is 26.7 Å². The van der Waals surface area contributed by atoms with Gasteiger partial charge in [-0.3, -0.25) is 4.79 Å². The van der Waals surface area contributed by atoms with Gasteiger partial charge in [0.1, 0.15) is 11.5 Å². The molecule has 0 radical (unpaired) electrons. The van der Waals surface area contributed by atoms with Gasteiger partial charge in [0.15, 0.2) is 0 Å². The molecule has 1 amide bonds. The van der Waals surface area contributed by atoms with Crippen molar-refractivity contribution in [1.82, 2.24) is 4.90 Å². The third-order valence-electron chi connectivity index (χ3n) is 4.28. The molecule has 1 aromatic carbocycles. The fraction of sp³-hybridized carbons (Fsp3) is 0.611. The lowest BCUT2D eigenvalue weighted by Crippen LogP contribution is -2.40. The molecule has 5 nitrogen and oxygen atoms in total. The van der Waals surface area contributed by atoms with Crippen LogP contribution >= 0.6 is 0 Å². The first-order chi connectivity index (χ1) is 11.0. The predicted octanol–water partition coefficient (Wildman–Crippen LogP) is 3.01. The van der Waals surface area contributed by atoms with Crippen molar-refractivity contribution in [2.24, 2.45) is 11.8 Å². The molecule has 2 atom stereocenters. The zero-order chi connectivity index (χ0) is 16.8. The van der Waals surface area contributed by atoms with Crippen LogP contribution in [0.15, 0.2) is 18.2 Å². The molecule has 1 aliphatic rings. The summed E-state index contributed by atoms with van der Waals surface area (Å²) in [4.78, 5) is 14.6. The minimum Gasteiger partial charge on any atom is -0.497 e. The Bertz CT molecular complexity index is 523. The summed E-state index contributed by atoms with van der Waals surface area (Å²) in [7, 11) is 3.19. The van der Waals surface area contributed by atoms with Crippen molar-refractivity contribution in [3.8, 4) is 11.5 Å². The van der Waals surface area contributed by atoms with Crippen LogP contribution in [-0.2, 0) is 4.79 Å². The van der Waals surface area contributed by atoms with E-state index in [0.717, 1.165) is 19.6 Å². The van der Waals surface area contributed by atoms with Crippen molar-refractivity contribution in [2.75, 3.05) is 39.2 Å². The minimum atomic E-state index is 0.0133. The first-order valence-corrected chi connectivity index (χ1v) is 8.26. The smallest absolute Gasteiger partial charge is 0.225 e. The van der Waals surface area contributed by atoms with Crippen LogP contribution in [-0.4, -0.2) is 44.7 Å². The molecule has 0 spiro atoms. The SMILES string of the molecule is COc1ccc(NC(=O)CCN2CC(C)CC(C)C2)c(OC)c1. The molecule has 2 unspecified atom stereocenters. The maximum absolute atomic E-state index is 12.2. The lowest BCUT2D eigenvalue weighted by Gasteiger charge is -2.34. The van der Waals surface area contributed by atoms with Crippen LogP contribution in [0.4, 0.5) is 5.69 Å². The van der Waals surface area contributed by atoms with Gasteiger partial charge in [0.25, 0.3) is 0 Å². The molecule has 1 aliphatic heterocycles. The summed E-state index contributed by atoms with van der Waals surface area (Å²) in [6.07, 6.45) is 1.78. The molecule has 1 N–H and O–H groups in total. The molecule has 0 aromatic heterocycles.